The van der Waals surface area contributed by atoms with Gasteiger partial charge in [0.2, 0.25) is 0 Å². The number of rotatable bonds is 6. The number of hydrogen-bond acceptors (Lipinski definition) is 4. The lowest BCUT2D eigenvalue weighted by atomic mass is 10.0. The molecule has 2 heterocycles. The molecule has 4 rings (SSSR count). The van der Waals surface area contributed by atoms with Crippen LogP contribution in [-0.4, -0.2) is 28.5 Å². The van der Waals surface area contributed by atoms with E-state index in [0.29, 0.717) is 0 Å². The molecular weight excluding hydrogens is 278 g/mol. The van der Waals surface area contributed by atoms with Crippen molar-refractivity contribution in [2.45, 2.75) is 83.0 Å². The molecule has 0 spiro atoms. The molecule has 1 N–H and O–H groups in total. The van der Waals surface area contributed by atoms with E-state index in [0.717, 1.165) is 31.1 Å². The number of piperidine rings is 1. The van der Waals surface area contributed by atoms with Crippen LogP contribution in [0.25, 0.3) is 0 Å². The highest BCUT2D eigenvalue weighted by Gasteiger charge is 2.31. The average molecular weight is 305 g/mol. The standard InChI is InChI=1S/C17H27N3S/c1-12-4-2-3-9-20(12)11-16-19-17(13-5-6-13)15(21-16)10-18-14-7-8-14/h12-14,18H,2-11H2,1H3. The van der Waals surface area contributed by atoms with Crippen molar-refractivity contribution in [1.82, 2.24) is 15.2 Å². The van der Waals surface area contributed by atoms with Crippen LogP contribution in [0.1, 0.15) is 73.4 Å². The fourth-order valence-electron chi connectivity index (χ4n) is 3.37. The molecule has 21 heavy (non-hydrogen) atoms. The Morgan fingerprint density at radius 3 is 2.76 bits per heavy atom. The molecule has 116 valence electrons. The highest BCUT2D eigenvalue weighted by atomic mass is 32.1. The molecule has 1 aromatic rings. The Balaban J connectivity index is 1.44. The monoisotopic (exact) mass is 305 g/mol. The highest BCUT2D eigenvalue weighted by Crippen LogP contribution is 2.43. The van der Waals surface area contributed by atoms with E-state index in [1.165, 1.54) is 67.1 Å². The maximum atomic E-state index is 5.04. The third kappa shape index (κ3) is 3.49. The number of aromatic nitrogens is 1. The predicted octanol–water partition coefficient (Wildman–Crippen LogP) is 3.65. The van der Waals surface area contributed by atoms with E-state index in [1.807, 2.05) is 11.3 Å². The van der Waals surface area contributed by atoms with E-state index in [-0.39, 0.29) is 0 Å². The lowest BCUT2D eigenvalue weighted by Crippen LogP contribution is -2.36. The van der Waals surface area contributed by atoms with Gasteiger partial charge in [-0.05, 0) is 52.0 Å². The normalized spacial score (nSPS) is 27.2. The largest absolute Gasteiger partial charge is 0.309 e. The summed E-state index contributed by atoms with van der Waals surface area (Å²) in [5.74, 6) is 0.782. The summed E-state index contributed by atoms with van der Waals surface area (Å²) in [5, 5.41) is 5.04. The van der Waals surface area contributed by atoms with Crippen molar-refractivity contribution < 1.29 is 0 Å². The Morgan fingerprint density at radius 2 is 2.05 bits per heavy atom. The van der Waals surface area contributed by atoms with E-state index in [1.54, 1.807) is 0 Å². The minimum Gasteiger partial charge on any atom is -0.309 e. The quantitative estimate of drug-likeness (QED) is 0.869. The van der Waals surface area contributed by atoms with E-state index in [9.17, 15) is 0 Å². The van der Waals surface area contributed by atoms with Crippen LogP contribution in [0.4, 0.5) is 0 Å². The zero-order valence-electron chi connectivity index (χ0n) is 13.1. The summed E-state index contributed by atoms with van der Waals surface area (Å²) >= 11 is 1.98. The van der Waals surface area contributed by atoms with Crippen LogP contribution in [0.15, 0.2) is 0 Å². The van der Waals surface area contributed by atoms with E-state index in [2.05, 4.69) is 17.1 Å². The lowest BCUT2D eigenvalue weighted by molar-refractivity contribution is 0.152. The number of likely N-dealkylation sites (tertiary alicyclic amines) is 1. The van der Waals surface area contributed by atoms with Gasteiger partial charge in [-0.3, -0.25) is 4.90 Å². The Bertz CT molecular complexity index is 490. The van der Waals surface area contributed by atoms with Gasteiger partial charge in [-0.2, -0.15) is 0 Å². The smallest absolute Gasteiger partial charge is 0.107 e. The van der Waals surface area contributed by atoms with Gasteiger partial charge in [0.05, 0.1) is 12.2 Å². The first kappa shape index (κ1) is 14.2. The van der Waals surface area contributed by atoms with Gasteiger partial charge >= 0.3 is 0 Å². The maximum Gasteiger partial charge on any atom is 0.107 e. The van der Waals surface area contributed by atoms with Gasteiger partial charge in [0.15, 0.2) is 0 Å². The third-order valence-electron chi connectivity index (χ3n) is 5.14. The topological polar surface area (TPSA) is 28.2 Å². The molecule has 1 aliphatic heterocycles. The second-order valence-electron chi connectivity index (χ2n) is 7.16. The van der Waals surface area contributed by atoms with Crippen LogP contribution in [0.5, 0.6) is 0 Å². The summed E-state index contributed by atoms with van der Waals surface area (Å²) in [4.78, 5) is 9.20. The highest BCUT2D eigenvalue weighted by molar-refractivity contribution is 7.11. The average Bonchev–Trinajstić information content (AvgIpc) is 3.39. The molecule has 0 amide bonds. The summed E-state index contributed by atoms with van der Waals surface area (Å²) in [6.45, 7) is 5.78. The molecule has 2 aliphatic carbocycles. The third-order valence-corrected chi connectivity index (χ3v) is 6.20. The Hall–Kier alpha value is -0.450. The molecule has 1 unspecified atom stereocenters. The Labute approximate surface area is 132 Å². The van der Waals surface area contributed by atoms with Gasteiger partial charge in [0, 0.05) is 29.4 Å². The number of nitrogens with one attached hydrogen (secondary N) is 1. The molecule has 3 fully saturated rings. The van der Waals surface area contributed by atoms with E-state index in [4.69, 9.17) is 4.98 Å². The Morgan fingerprint density at radius 1 is 1.19 bits per heavy atom. The minimum absolute atomic E-state index is 0.736. The molecule has 1 saturated heterocycles. The molecule has 1 atom stereocenters. The first-order chi connectivity index (χ1) is 10.3. The summed E-state index contributed by atoms with van der Waals surface area (Å²) in [6.07, 6.45) is 9.59. The molecule has 0 bridgehead atoms. The van der Waals surface area contributed by atoms with Gasteiger partial charge in [-0.1, -0.05) is 6.42 Å². The predicted molar refractivity (Wildman–Crippen MR) is 87.7 cm³/mol. The zero-order chi connectivity index (χ0) is 14.2. The fourth-order valence-corrected chi connectivity index (χ4v) is 4.51. The number of thiazole rings is 1. The van der Waals surface area contributed by atoms with Gasteiger partial charge in [-0.25, -0.2) is 4.98 Å². The summed E-state index contributed by atoms with van der Waals surface area (Å²) < 4.78 is 0. The first-order valence-electron chi connectivity index (χ1n) is 8.75. The van der Waals surface area contributed by atoms with Crippen LogP contribution in [0.3, 0.4) is 0 Å². The summed E-state index contributed by atoms with van der Waals surface area (Å²) in [5.41, 5.74) is 1.44. The van der Waals surface area contributed by atoms with Gasteiger partial charge in [0.1, 0.15) is 5.01 Å². The van der Waals surface area contributed by atoms with Gasteiger partial charge in [-0.15, -0.1) is 11.3 Å². The molecule has 2 saturated carbocycles. The molecular formula is C17H27N3S. The first-order valence-corrected chi connectivity index (χ1v) is 9.57. The van der Waals surface area contributed by atoms with Gasteiger partial charge in [0.25, 0.3) is 0 Å². The Kier molecular flexibility index (Phi) is 4.03. The summed E-state index contributed by atoms with van der Waals surface area (Å²) in [7, 11) is 0. The fraction of sp³-hybridized carbons (Fsp3) is 0.824. The molecule has 1 aromatic heterocycles. The molecule has 4 heteroatoms. The van der Waals surface area contributed by atoms with Crippen molar-refractivity contribution in [3.8, 4) is 0 Å². The minimum atomic E-state index is 0.736. The molecule has 0 radical (unpaired) electrons. The van der Waals surface area contributed by atoms with Crippen molar-refractivity contribution in [2.75, 3.05) is 6.54 Å². The van der Waals surface area contributed by atoms with Crippen LogP contribution in [0, 0.1) is 0 Å². The van der Waals surface area contributed by atoms with Crippen molar-refractivity contribution in [3.63, 3.8) is 0 Å². The van der Waals surface area contributed by atoms with Crippen LogP contribution in [-0.2, 0) is 13.1 Å². The molecule has 3 nitrogen and oxygen atoms in total. The van der Waals surface area contributed by atoms with Gasteiger partial charge < -0.3 is 5.32 Å². The zero-order valence-corrected chi connectivity index (χ0v) is 13.9. The molecule has 0 aromatic carbocycles. The number of hydrogen-bond donors (Lipinski definition) is 1. The van der Waals surface area contributed by atoms with Crippen molar-refractivity contribution in [3.05, 3.63) is 15.6 Å². The van der Waals surface area contributed by atoms with E-state index < -0.39 is 0 Å². The van der Waals surface area contributed by atoms with Crippen LogP contribution in [0.2, 0.25) is 0 Å². The number of nitrogens with zero attached hydrogens (tertiary/aromatic N) is 2. The van der Waals surface area contributed by atoms with Crippen molar-refractivity contribution in [2.24, 2.45) is 0 Å². The van der Waals surface area contributed by atoms with Crippen LogP contribution >= 0.6 is 11.3 Å². The maximum absolute atomic E-state index is 5.04. The summed E-state index contributed by atoms with van der Waals surface area (Å²) in [6, 6.07) is 1.53. The van der Waals surface area contributed by atoms with Crippen LogP contribution < -0.4 is 5.32 Å². The molecule has 3 aliphatic rings. The van der Waals surface area contributed by atoms with E-state index >= 15 is 0 Å². The van der Waals surface area contributed by atoms with Crippen molar-refractivity contribution >= 4 is 11.3 Å². The second kappa shape index (κ2) is 5.98. The lowest BCUT2D eigenvalue weighted by Gasteiger charge is -2.32. The SMILES string of the molecule is CC1CCCCN1Cc1nc(C2CC2)c(CNC2CC2)s1. The van der Waals surface area contributed by atoms with Crippen molar-refractivity contribution in [1.29, 1.82) is 0 Å². The second-order valence-corrected chi connectivity index (χ2v) is 8.33.